The van der Waals surface area contributed by atoms with Crippen molar-refractivity contribution < 1.29 is 4.79 Å². The van der Waals surface area contributed by atoms with Crippen LogP contribution in [0.25, 0.3) is 0 Å². The minimum absolute atomic E-state index is 0.0201. The van der Waals surface area contributed by atoms with Crippen LogP contribution in [0.2, 0.25) is 0 Å². The van der Waals surface area contributed by atoms with E-state index >= 15 is 0 Å². The van der Waals surface area contributed by atoms with Crippen molar-refractivity contribution in [1.82, 2.24) is 9.88 Å². The van der Waals surface area contributed by atoms with Gasteiger partial charge in [-0.25, -0.2) is 0 Å². The molecule has 92 valence electrons. The normalized spacial score (nSPS) is 17.9. The summed E-state index contributed by atoms with van der Waals surface area (Å²) in [5.41, 5.74) is 6.61. The Balaban J connectivity index is 1.78. The van der Waals surface area contributed by atoms with Crippen LogP contribution in [-0.2, 0) is 4.79 Å². The van der Waals surface area contributed by atoms with E-state index in [1.54, 1.807) is 24.5 Å². The first kappa shape index (κ1) is 12.0. The zero-order valence-corrected chi connectivity index (χ0v) is 9.80. The highest BCUT2D eigenvalue weighted by atomic mass is 16.2. The number of carbonyl (C=O) groups excluding carboxylic acids is 1. The van der Waals surface area contributed by atoms with E-state index in [2.05, 4.69) is 15.2 Å². The van der Waals surface area contributed by atoms with Crippen molar-refractivity contribution in [2.45, 2.75) is 18.9 Å². The molecule has 1 aliphatic rings. The number of hydrogen-bond acceptors (Lipinski definition) is 4. The Bertz CT molecular complexity index is 360. The van der Waals surface area contributed by atoms with E-state index < -0.39 is 0 Å². The van der Waals surface area contributed by atoms with Crippen molar-refractivity contribution >= 4 is 11.6 Å². The van der Waals surface area contributed by atoms with Gasteiger partial charge in [0.15, 0.2) is 0 Å². The number of likely N-dealkylation sites (tertiary alicyclic amines) is 1. The number of nitrogens with two attached hydrogens (primary N) is 1. The molecule has 5 heteroatoms. The van der Waals surface area contributed by atoms with E-state index in [4.69, 9.17) is 5.73 Å². The van der Waals surface area contributed by atoms with Gasteiger partial charge in [-0.2, -0.15) is 0 Å². The molecule has 5 nitrogen and oxygen atoms in total. The quantitative estimate of drug-likeness (QED) is 0.796. The summed E-state index contributed by atoms with van der Waals surface area (Å²) >= 11 is 0. The number of carbonyl (C=O) groups is 1. The molecule has 1 fully saturated rings. The first-order chi connectivity index (χ1) is 8.24. The lowest BCUT2D eigenvalue weighted by Gasteiger charge is -2.29. The largest absolute Gasteiger partial charge is 0.328 e. The molecule has 1 aromatic rings. The monoisotopic (exact) mass is 234 g/mol. The van der Waals surface area contributed by atoms with Crippen LogP contribution in [0.4, 0.5) is 5.69 Å². The van der Waals surface area contributed by atoms with Gasteiger partial charge >= 0.3 is 0 Å². The van der Waals surface area contributed by atoms with Crippen LogP contribution in [0.3, 0.4) is 0 Å². The van der Waals surface area contributed by atoms with Crippen LogP contribution in [0.15, 0.2) is 24.5 Å². The average Bonchev–Trinajstić information content (AvgIpc) is 2.33. The Kier molecular flexibility index (Phi) is 4.06. The van der Waals surface area contributed by atoms with Gasteiger partial charge in [0.05, 0.1) is 6.54 Å². The summed E-state index contributed by atoms with van der Waals surface area (Å²) in [6.45, 7) is 2.25. The molecule has 1 amide bonds. The number of rotatable bonds is 3. The van der Waals surface area contributed by atoms with Crippen LogP contribution < -0.4 is 11.1 Å². The number of anilines is 1. The first-order valence-electron chi connectivity index (χ1n) is 5.92. The van der Waals surface area contributed by atoms with E-state index in [0.717, 1.165) is 31.6 Å². The molecule has 17 heavy (non-hydrogen) atoms. The summed E-state index contributed by atoms with van der Waals surface area (Å²) in [5.74, 6) is 0.0201. The van der Waals surface area contributed by atoms with E-state index in [-0.39, 0.29) is 5.91 Å². The Morgan fingerprint density at radius 1 is 1.41 bits per heavy atom. The summed E-state index contributed by atoms with van der Waals surface area (Å²) in [6, 6.07) is 3.86. The SMILES string of the molecule is NC1CCN(CC(=O)Nc2ccncc2)CC1. The maximum absolute atomic E-state index is 11.8. The van der Waals surface area contributed by atoms with Crippen molar-refractivity contribution in [3.05, 3.63) is 24.5 Å². The summed E-state index contributed by atoms with van der Waals surface area (Å²) < 4.78 is 0. The minimum atomic E-state index is 0.0201. The molecule has 2 rings (SSSR count). The van der Waals surface area contributed by atoms with E-state index in [1.807, 2.05) is 0 Å². The summed E-state index contributed by atoms with van der Waals surface area (Å²) in [6.07, 6.45) is 5.27. The molecule has 3 N–H and O–H groups in total. The molecule has 0 saturated carbocycles. The Hall–Kier alpha value is -1.46. The Morgan fingerprint density at radius 2 is 2.06 bits per heavy atom. The lowest BCUT2D eigenvalue weighted by atomic mass is 10.1. The minimum Gasteiger partial charge on any atom is -0.328 e. The number of pyridine rings is 1. The number of amides is 1. The van der Waals surface area contributed by atoms with Crippen LogP contribution in [0, 0.1) is 0 Å². The molecule has 2 heterocycles. The van der Waals surface area contributed by atoms with Crippen LogP contribution >= 0.6 is 0 Å². The predicted molar refractivity (Wildman–Crippen MR) is 66.5 cm³/mol. The predicted octanol–water partition coefficient (Wildman–Crippen LogP) is 0.443. The fourth-order valence-electron chi connectivity index (χ4n) is 1.95. The number of aromatic nitrogens is 1. The van der Waals surface area contributed by atoms with Gasteiger partial charge in [-0.1, -0.05) is 0 Å². The molecular formula is C12H18N4O. The van der Waals surface area contributed by atoms with E-state index in [1.165, 1.54) is 0 Å². The van der Waals surface area contributed by atoms with Crippen molar-refractivity contribution in [3.8, 4) is 0 Å². The lowest BCUT2D eigenvalue weighted by Crippen LogP contribution is -2.43. The van der Waals surface area contributed by atoms with Crippen LogP contribution in [0.5, 0.6) is 0 Å². The molecule has 1 saturated heterocycles. The molecule has 0 bridgehead atoms. The third kappa shape index (κ3) is 3.80. The average molecular weight is 234 g/mol. The summed E-state index contributed by atoms with van der Waals surface area (Å²) in [4.78, 5) is 17.8. The summed E-state index contributed by atoms with van der Waals surface area (Å²) in [5, 5.41) is 2.85. The highest BCUT2D eigenvalue weighted by molar-refractivity contribution is 5.92. The van der Waals surface area contributed by atoms with Gasteiger partial charge in [0, 0.05) is 37.2 Å². The maximum Gasteiger partial charge on any atom is 0.238 e. The second kappa shape index (κ2) is 5.75. The standard InChI is InChI=1S/C12H18N4O/c13-10-3-7-16(8-4-10)9-12(17)15-11-1-5-14-6-2-11/h1-2,5-6,10H,3-4,7-9,13H2,(H,14,15,17). The third-order valence-corrected chi connectivity index (χ3v) is 2.96. The van der Waals surface area contributed by atoms with Gasteiger partial charge in [-0.3, -0.25) is 14.7 Å². The van der Waals surface area contributed by atoms with Gasteiger partial charge in [-0.05, 0) is 25.0 Å². The Morgan fingerprint density at radius 3 is 2.71 bits per heavy atom. The topological polar surface area (TPSA) is 71.2 Å². The smallest absolute Gasteiger partial charge is 0.238 e. The molecule has 0 radical (unpaired) electrons. The lowest BCUT2D eigenvalue weighted by molar-refractivity contribution is -0.117. The molecule has 1 aliphatic heterocycles. The molecule has 1 aromatic heterocycles. The van der Waals surface area contributed by atoms with Gasteiger partial charge in [0.2, 0.25) is 5.91 Å². The fraction of sp³-hybridized carbons (Fsp3) is 0.500. The van der Waals surface area contributed by atoms with Crippen molar-refractivity contribution in [2.24, 2.45) is 5.73 Å². The van der Waals surface area contributed by atoms with Crippen molar-refractivity contribution in [2.75, 3.05) is 25.0 Å². The van der Waals surface area contributed by atoms with Crippen molar-refractivity contribution in [3.63, 3.8) is 0 Å². The number of nitrogens with one attached hydrogen (secondary N) is 1. The second-order valence-electron chi connectivity index (χ2n) is 4.40. The third-order valence-electron chi connectivity index (χ3n) is 2.96. The van der Waals surface area contributed by atoms with Crippen LogP contribution in [0.1, 0.15) is 12.8 Å². The molecule has 0 atom stereocenters. The summed E-state index contributed by atoms with van der Waals surface area (Å²) in [7, 11) is 0. The van der Waals surface area contributed by atoms with Gasteiger partial charge in [0.25, 0.3) is 0 Å². The van der Waals surface area contributed by atoms with Gasteiger partial charge in [0.1, 0.15) is 0 Å². The van der Waals surface area contributed by atoms with Crippen LogP contribution in [-0.4, -0.2) is 41.5 Å². The molecule has 0 aromatic carbocycles. The zero-order valence-electron chi connectivity index (χ0n) is 9.80. The van der Waals surface area contributed by atoms with E-state index in [9.17, 15) is 4.79 Å². The first-order valence-corrected chi connectivity index (χ1v) is 5.92. The highest BCUT2D eigenvalue weighted by Gasteiger charge is 2.17. The Labute approximate surface area is 101 Å². The van der Waals surface area contributed by atoms with Gasteiger partial charge < -0.3 is 11.1 Å². The van der Waals surface area contributed by atoms with Gasteiger partial charge in [-0.15, -0.1) is 0 Å². The number of hydrogen-bond donors (Lipinski definition) is 2. The van der Waals surface area contributed by atoms with E-state index in [0.29, 0.717) is 12.6 Å². The fourth-order valence-corrected chi connectivity index (χ4v) is 1.95. The number of nitrogens with zero attached hydrogens (tertiary/aromatic N) is 2. The molecular weight excluding hydrogens is 216 g/mol. The molecule has 0 spiro atoms. The zero-order chi connectivity index (χ0) is 12.1. The molecule has 0 unspecified atom stereocenters. The van der Waals surface area contributed by atoms with Crippen molar-refractivity contribution in [1.29, 1.82) is 0 Å². The highest BCUT2D eigenvalue weighted by Crippen LogP contribution is 2.08. The molecule has 0 aliphatic carbocycles. The maximum atomic E-state index is 11.8. The number of piperidine rings is 1. The second-order valence-corrected chi connectivity index (χ2v) is 4.40.